The molecular weight excluding hydrogens is 182 g/mol. The molecule has 1 aromatic rings. The summed E-state index contributed by atoms with van der Waals surface area (Å²) >= 11 is 0. The number of phenols is 1. The molecule has 4 nitrogen and oxygen atoms in total. The second-order valence-electron chi connectivity index (χ2n) is 2.58. The van der Waals surface area contributed by atoms with Crippen LogP contribution in [-0.4, -0.2) is 17.3 Å². The molecule has 0 atom stereocenters. The topological polar surface area (TPSA) is 80.4 Å². The maximum Gasteiger partial charge on any atom is 0.249 e. The molecular formula is C10H7NO3. The lowest BCUT2D eigenvalue weighted by Gasteiger charge is -2.03. The Labute approximate surface area is 80.3 Å². The van der Waals surface area contributed by atoms with Gasteiger partial charge in [-0.2, -0.15) is 0 Å². The number of terminal acetylenes is 1. The van der Waals surface area contributed by atoms with Crippen LogP contribution in [0.2, 0.25) is 0 Å². The first-order valence-corrected chi connectivity index (χ1v) is 3.68. The summed E-state index contributed by atoms with van der Waals surface area (Å²) in [5.41, 5.74) is 5.23. The fourth-order valence-corrected chi connectivity index (χ4v) is 1.02. The number of amides is 1. The molecule has 0 unspecified atom stereocenters. The van der Waals surface area contributed by atoms with Gasteiger partial charge in [0.25, 0.3) is 0 Å². The zero-order valence-electron chi connectivity index (χ0n) is 7.15. The van der Waals surface area contributed by atoms with Crippen LogP contribution in [0.5, 0.6) is 5.75 Å². The number of aldehydes is 1. The molecule has 14 heavy (non-hydrogen) atoms. The highest BCUT2D eigenvalue weighted by Crippen LogP contribution is 2.20. The lowest BCUT2D eigenvalue weighted by atomic mass is 10.0. The molecule has 3 N–H and O–H groups in total. The van der Waals surface area contributed by atoms with Gasteiger partial charge in [-0.15, -0.1) is 6.42 Å². The van der Waals surface area contributed by atoms with Crippen molar-refractivity contribution in [2.45, 2.75) is 0 Å². The summed E-state index contributed by atoms with van der Waals surface area (Å²) in [5.74, 6) is 1.19. The Hall–Kier alpha value is -2.28. The fourth-order valence-electron chi connectivity index (χ4n) is 1.02. The van der Waals surface area contributed by atoms with E-state index in [-0.39, 0.29) is 22.4 Å². The third-order valence-electron chi connectivity index (χ3n) is 1.71. The first kappa shape index (κ1) is 9.81. The first-order chi connectivity index (χ1) is 6.60. The quantitative estimate of drug-likeness (QED) is 0.518. The maximum atomic E-state index is 10.9. The van der Waals surface area contributed by atoms with E-state index in [0.717, 1.165) is 6.07 Å². The molecule has 4 heteroatoms. The lowest BCUT2D eigenvalue weighted by Crippen LogP contribution is -2.13. The SMILES string of the molecule is C#Cc1cc(O)c(C=O)cc1C(N)=O. The number of rotatable bonds is 2. The van der Waals surface area contributed by atoms with E-state index in [1.54, 1.807) is 0 Å². The van der Waals surface area contributed by atoms with E-state index in [0.29, 0.717) is 6.29 Å². The summed E-state index contributed by atoms with van der Waals surface area (Å²) in [6, 6.07) is 2.32. The number of aromatic hydroxyl groups is 1. The summed E-state index contributed by atoms with van der Waals surface area (Å²) in [7, 11) is 0. The highest BCUT2D eigenvalue weighted by molar-refractivity contribution is 5.97. The molecule has 1 amide bonds. The van der Waals surface area contributed by atoms with Crippen molar-refractivity contribution in [1.29, 1.82) is 0 Å². The number of carbonyl (C=O) groups is 2. The number of hydrogen-bond donors (Lipinski definition) is 2. The van der Waals surface area contributed by atoms with Gasteiger partial charge in [0.1, 0.15) is 5.75 Å². The third-order valence-corrected chi connectivity index (χ3v) is 1.71. The van der Waals surface area contributed by atoms with E-state index in [4.69, 9.17) is 12.2 Å². The molecule has 0 heterocycles. The normalized spacial score (nSPS) is 9.07. The van der Waals surface area contributed by atoms with Crippen molar-refractivity contribution in [3.05, 3.63) is 28.8 Å². The molecule has 0 aliphatic carbocycles. The van der Waals surface area contributed by atoms with Crippen LogP contribution in [0.4, 0.5) is 0 Å². The van der Waals surface area contributed by atoms with Gasteiger partial charge in [-0.05, 0) is 12.1 Å². The number of nitrogens with two attached hydrogens (primary N) is 1. The molecule has 0 aliphatic rings. The van der Waals surface area contributed by atoms with Gasteiger partial charge in [0.2, 0.25) is 5.91 Å². The highest BCUT2D eigenvalue weighted by atomic mass is 16.3. The van der Waals surface area contributed by atoms with Crippen LogP contribution < -0.4 is 5.73 Å². The van der Waals surface area contributed by atoms with Gasteiger partial charge in [0, 0.05) is 5.56 Å². The van der Waals surface area contributed by atoms with E-state index in [1.807, 2.05) is 0 Å². The molecule has 0 saturated carbocycles. The maximum absolute atomic E-state index is 10.9. The first-order valence-electron chi connectivity index (χ1n) is 3.68. The molecule has 1 aromatic carbocycles. The Balaban J connectivity index is 3.49. The summed E-state index contributed by atoms with van der Waals surface area (Å²) in [4.78, 5) is 21.3. The molecule has 0 fully saturated rings. The Morgan fingerprint density at radius 3 is 2.64 bits per heavy atom. The van der Waals surface area contributed by atoms with E-state index in [1.165, 1.54) is 6.07 Å². The number of hydrogen-bond acceptors (Lipinski definition) is 3. The highest BCUT2D eigenvalue weighted by Gasteiger charge is 2.11. The molecule has 0 aliphatic heterocycles. The standard InChI is InChI=1S/C10H7NO3/c1-2-6-4-9(13)7(5-12)3-8(6)10(11)14/h1,3-5,13H,(H2,11,14). The van der Waals surface area contributed by atoms with Crippen LogP contribution in [0.25, 0.3) is 0 Å². The Kier molecular flexibility index (Phi) is 2.54. The number of phenolic OH excluding ortho intramolecular Hbond substituents is 1. The van der Waals surface area contributed by atoms with E-state index in [9.17, 15) is 14.7 Å². The molecule has 0 spiro atoms. The molecule has 0 radical (unpaired) electrons. The number of primary amides is 1. The predicted molar refractivity (Wildman–Crippen MR) is 49.9 cm³/mol. The van der Waals surface area contributed by atoms with E-state index in [2.05, 4.69) is 5.92 Å². The Morgan fingerprint density at radius 1 is 1.57 bits per heavy atom. The molecule has 70 valence electrons. The monoisotopic (exact) mass is 189 g/mol. The third kappa shape index (κ3) is 1.57. The number of carbonyl (C=O) groups excluding carboxylic acids is 2. The molecule has 1 rings (SSSR count). The smallest absolute Gasteiger partial charge is 0.249 e. The van der Waals surface area contributed by atoms with E-state index >= 15 is 0 Å². The second-order valence-corrected chi connectivity index (χ2v) is 2.58. The number of benzene rings is 1. The summed E-state index contributed by atoms with van der Waals surface area (Å²) in [6.45, 7) is 0. The summed E-state index contributed by atoms with van der Waals surface area (Å²) in [6.07, 6.45) is 5.51. The van der Waals surface area contributed by atoms with Gasteiger partial charge < -0.3 is 10.8 Å². The van der Waals surface area contributed by atoms with Crippen molar-refractivity contribution in [3.63, 3.8) is 0 Å². The zero-order chi connectivity index (χ0) is 10.7. The summed E-state index contributed by atoms with van der Waals surface area (Å²) < 4.78 is 0. The van der Waals surface area contributed by atoms with Crippen molar-refractivity contribution in [1.82, 2.24) is 0 Å². The van der Waals surface area contributed by atoms with Gasteiger partial charge in [-0.1, -0.05) is 5.92 Å². The van der Waals surface area contributed by atoms with Gasteiger partial charge in [0.05, 0.1) is 11.1 Å². The average molecular weight is 189 g/mol. The van der Waals surface area contributed by atoms with Crippen molar-refractivity contribution in [3.8, 4) is 18.1 Å². The second kappa shape index (κ2) is 3.62. The van der Waals surface area contributed by atoms with Gasteiger partial charge in [0.15, 0.2) is 6.29 Å². The Bertz CT molecular complexity index is 443. The van der Waals surface area contributed by atoms with Crippen molar-refractivity contribution >= 4 is 12.2 Å². The van der Waals surface area contributed by atoms with Crippen molar-refractivity contribution < 1.29 is 14.7 Å². The minimum absolute atomic E-state index is 0.0159. The van der Waals surface area contributed by atoms with Crippen LogP contribution in [-0.2, 0) is 0 Å². The van der Waals surface area contributed by atoms with Crippen LogP contribution in [0.15, 0.2) is 12.1 Å². The minimum Gasteiger partial charge on any atom is -0.507 e. The van der Waals surface area contributed by atoms with Crippen LogP contribution in [0, 0.1) is 12.3 Å². The van der Waals surface area contributed by atoms with Crippen LogP contribution in [0.3, 0.4) is 0 Å². The summed E-state index contributed by atoms with van der Waals surface area (Å²) in [5, 5.41) is 9.25. The zero-order valence-corrected chi connectivity index (χ0v) is 7.15. The minimum atomic E-state index is -0.735. The van der Waals surface area contributed by atoms with E-state index < -0.39 is 5.91 Å². The Morgan fingerprint density at radius 2 is 2.21 bits per heavy atom. The molecule has 0 saturated heterocycles. The average Bonchev–Trinajstić information content (AvgIpc) is 2.16. The van der Waals surface area contributed by atoms with Crippen molar-refractivity contribution in [2.75, 3.05) is 0 Å². The largest absolute Gasteiger partial charge is 0.507 e. The molecule has 0 aromatic heterocycles. The van der Waals surface area contributed by atoms with Crippen LogP contribution in [0.1, 0.15) is 26.3 Å². The molecule has 0 bridgehead atoms. The fraction of sp³-hybridized carbons (Fsp3) is 0. The predicted octanol–water partition coefficient (Wildman–Crippen LogP) is 0.285. The van der Waals surface area contributed by atoms with Crippen molar-refractivity contribution in [2.24, 2.45) is 5.73 Å². The lowest BCUT2D eigenvalue weighted by molar-refractivity contribution is 0.1000. The van der Waals surface area contributed by atoms with Crippen LogP contribution >= 0.6 is 0 Å². The van der Waals surface area contributed by atoms with Gasteiger partial charge in [-0.3, -0.25) is 9.59 Å². The van der Waals surface area contributed by atoms with Gasteiger partial charge in [-0.25, -0.2) is 0 Å². The van der Waals surface area contributed by atoms with Gasteiger partial charge >= 0.3 is 0 Å².